The van der Waals surface area contributed by atoms with Gasteiger partial charge in [0.05, 0.1) is 0 Å². The minimum atomic E-state index is 0.168. The minimum absolute atomic E-state index is 0.168. The zero-order valence-corrected chi connectivity index (χ0v) is 16.2. The first-order valence-electron chi connectivity index (χ1n) is 10.4. The lowest BCUT2D eigenvalue weighted by atomic mass is 9.83. The Bertz CT molecular complexity index is 910. The Morgan fingerprint density at radius 2 is 1.85 bits per heavy atom. The third-order valence-electron chi connectivity index (χ3n) is 6.54. The monoisotopic (exact) mass is 363 g/mol. The molecule has 2 saturated heterocycles. The highest BCUT2D eigenvalue weighted by atomic mass is 16.1. The van der Waals surface area contributed by atoms with E-state index in [-0.39, 0.29) is 5.56 Å². The number of pyridine rings is 1. The number of aromatic nitrogens is 1. The van der Waals surface area contributed by atoms with Gasteiger partial charge in [0.1, 0.15) is 0 Å². The van der Waals surface area contributed by atoms with Crippen LogP contribution >= 0.6 is 0 Å². The van der Waals surface area contributed by atoms with Gasteiger partial charge in [-0.15, -0.1) is 0 Å². The number of fused-ring (bicyclic) bond motifs is 4. The highest BCUT2D eigenvalue weighted by Crippen LogP contribution is 2.34. The van der Waals surface area contributed by atoms with Crippen LogP contribution in [0.4, 0.5) is 0 Å². The lowest BCUT2D eigenvalue weighted by Crippen LogP contribution is -2.44. The summed E-state index contributed by atoms with van der Waals surface area (Å²) in [5.41, 5.74) is 6.31. The van der Waals surface area contributed by atoms with Crippen LogP contribution < -0.4 is 10.9 Å². The molecule has 4 nitrogen and oxygen atoms in total. The second kappa shape index (κ2) is 6.92. The van der Waals surface area contributed by atoms with Crippen LogP contribution in [-0.4, -0.2) is 35.6 Å². The molecule has 5 rings (SSSR count). The Labute approximate surface area is 161 Å². The standard InChI is InChI=1S/C23H29N3O/c1-16-6-17(14-25-4-2-3-5-25)8-19(7-16)20-10-22-21-9-18(12-24-13-21)15-26(22)23(27)11-20/h6-8,10-11,18,21,24H,2-5,9,12-15H2,1H3/t18-,21+/m0/s1. The number of likely N-dealkylation sites (tertiary alicyclic amines) is 1. The third kappa shape index (κ3) is 3.37. The molecular weight excluding hydrogens is 334 g/mol. The van der Waals surface area contributed by atoms with Gasteiger partial charge in [-0.05, 0) is 80.6 Å². The largest absolute Gasteiger partial charge is 0.316 e. The second-order valence-corrected chi connectivity index (χ2v) is 8.77. The lowest BCUT2D eigenvalue weighted by molar-refractivity contribution is 0.257. The third-order valence-corrected chi connectivity index (χ3v) is 6.54. The molecule has 1 N–H and O–H groups in total. The van der Waals surface area contributed by atoms with Gasteiger partial charge in [0.2, 0.25) is 0 Å². The Hall–Kier alpha value is -1.91. The number of piperidine rings is 1. The maximum absolute atomic E-state index is 12.9. The van der Waals surface area contributed by atoms with Gasteiger partial charge in [0, 0.05) is 37.3 Å². The zero-order valence-electron chi connectivity index (χ0n) is 16.2. The average Bonchev–Trinajstić information content (AvgIpc) is 3.15. The van der Waals surface area contributed by atoms with Crippen LogP contribution in [0, 0.1) is 12.8 Å². The molecule has 0 unspecified atom stereocenters. The summed E-state index contributed by atoms with van der Waals surface area (Å²) in [6.07, 6.45) is 3.84. The Kier molecular flexibility index (Phi) is 4.41. The summed E-state index contributed by atoms with van der Waals surface area (Å²) in [6.45, 7) is 8.50. The SMILES string of the molecule is Cc1cc(CN2CCCC2)cc(-c2cc3n(c(=O)c2)C[C@@H]2CNC[C@H]3C2)c1. The van der Waals surface area contributed by atoms with Gasteiger partial charge in [-0.3, -0.25) is 9.69 Å². The number of hydrogen-bond acceptors (Lipinski definition) is 3. The molecule has 4 heterocycles. The summed E-state index contributed by atoms with van der Waals surface area (Å²) in [6, 6.07) is 10.9. The van der Waals surface area contributed by atoms with Gasteiger partial charge in [0.25, 0.3) is 5.56 Å². The number of benzene rings is 1. The normalized spacial score (nSPS) is 24.8. The van der Waals surface area contributed by atoms with Crippen LogP contribution in [0.5, 0.6) is 0 Å². The molecule has 0 saturated carbocycles. The van der Waals surface area contributed by atoms with E-state index >= 15 is 0 Å². The quantitative estimate of drug-likeness (QED) is 0.910. The van der Waals surface area contributed by atoms with E-state index in [4.69, 9.17) is 0 Å². The van der Waals surface area contributed by atoms with E-state index in [1.54, 1.807) is 0 Å². The topological polar surface area (TPSA) is 37.3 Å². The van der Waals surface area contributed by atoms with E-state index in [9.17, 15) is 4.79 Å². The van der Waals surface area contributed by atoms with Gasteiger partial charge < -0.3 is 9.88 Å². The smallest absolute Gasteiger partial charge is 0.251 e. The molecule has 2 aromatic rings. The van der Waals surface area contributed by atoms with E-state index in [0.717, 1.165) is 31.7 Å². The van der Waals surface area contributed by atoms with Crippen LogP contribution in [-0.2, 0) is 13.1 Å². The molecule has 1 aromatic carbocycles. The molecule has 3 aliphatic rings. The number of aryl methyl sites for hydroxylation is 1. The summed E-state index contributed by atoms with van der Waals surface area (Å²) in [7, 11) is 0. The zero-order chi connectivity index (χ0) is 18.4. The van der Waals surface area contributed by atoms with E-state index in [1.165, 1.54) is 54.7 Å². The first kappa shape index (κ1) is 17.2. The van der Waals surface area contributed by atoms with Crippen LogP contribution in [0.15, 0.2) is 35.1 Å². The molecular formula is C23H29N3O. The van der Waals surface area contributed by atoms with E-state index < -0.39 is 0 Å². The number of rotatable bonds is 3. The van der Waals surface area contributed by atoms with Gasteiger partial charge in [0.15, 0.2) is 0 Å². The van der Waals surface area contributed by atoms with Crippen molar-refractivity contribution in [3.05, 3.63) is 57.5 Å². The second-order valence-electron chi connectivity index (χ2n) is 8.77. The predicted molar refractivity (Wildman–Crippen MR) is 109 cm³/mol. The summed E-state index contributed by atoms with van der Waals surface area (Å²) in [4.78, 5) is 15.4. The fourth-order valence-corrected chi connectivity index (χ4v) is 5.29. The molecule has 3 aliphatic heterocycles. The van der Waals surface area contributed by atoms with Crippen LogP contribution in [0.25, 0.3) is 11.1 Å². The fourth-order valence-electron chi connectivity index (χ4n) is 5.29. The Balaban J connectivity index is 1.52. The van der Waals surface area contributed by atoms with Crippen molar-refractivity contribution in [2.24, 2.45) is 5.92 Å². The summed E-state index contributed by atoms with van der Waals surface area (Å²) in [5, 5.41) is 3.54. The fraction of sp³-hybridized carbons (Fsp3) is 0.522. The van der Waals surface area contributed by atoms with Crippen molar-refractivity contribution in [2.75, 3.05) is 26.2 Å². The molecule has 0 amide bonds. The molecule has 142 valence electrons. The van der Waals surface area contributed by atoms with Gasteiger partial charge in [-0.2, -0.15) is 0 Å². The van der Waals surface area contributed by atoms with Gasteiger partial charge >= 0.3 is 0 Å². The summed E-state index contributed by atoms with van der Waals surface area (Å²) >= 11 is 0. The van der Waals surface area contributed by atoms with Gasteiger partial charge in [-0.1, -0.05) is 17.7 Å². The van der Waals surface area contributed by atoms with Gasteiger partial charge in [-0.25, -0.2) is 0 Å². The summed E-state index contributed by atoms with van der Waals surface area (Å²) in [5.74, 6) is 1.07. The first-order chi connectivity index (χ1) is 13.2. The van der Waals surface area contributed by atoms with Crippen LogP contribution in [0.2, 0.25) is 0 Å². The molecule has 0 aliphatic carbocycles. The van der Waals surface area contributed by atoms with Crippen molar-refractivity contribution in [2.45, 2.75) is 45.2 Å². The maximum Gasteiger partial charge on any atom is 0.251 e. The molecule has 4 heteroatoms. The van der Waals surface area contributed by atoms with E-state index in [0.29, 0.717) is 11.8 Å². The number of nitrogens with zero attached hydrogens (tertiary/aromatic N) is 2. The van der Waals surface area contributed by atoms with Crippen LogP contribution in [0.3, 0.4) is 0 Å². The van der Waals surface area contributed by atoms with Crippen molar-refractivity contribution in [3.8, 4) is 11.1 Å². The van der Waals surface area contributed by atoms with E-state index in [2.05, 4.69) is 41.4 Å². The number of nitrogens with one attached hydrogen (secondary N) is 1. The molecule has 2 atom stereocenters. The van der Waals surface area contributed by atoms with Crippen molar-refractivity contribution in [1.29, 1.82) is 0 Å². The maximum atomic E-state index is 12.9. The Morgan fingerprint density at radius 1 is 1.04 bits per heavy atom. The lowest BCUT2D eigenvalue weighted by Gasteiger charge is -2.37. The summed E-state index contributed by atoms with van der Waals surface area (Å²) < 4.78 is 2.03. The van der Waals surface area contributed by atoms with Crippen LogP contribution in [0.1, 0.15) is 42.0 Å². The van der Waals surface area contributed by atoms with Crippen molar-refractivity contribution in [1.82, 2.24) is 14.8 Å². The predicted octanol–water partition coefficient (Wildman–Crippen LogP) is 3.13. The Morgan fingerprint density at radius 3 is 2.70 bits per heavy atom. The average molecular weight is 364 g/mol. The molecule has 2 fully saturated rings. The first-order valence-corrected chi connectivity index (χ1v) is 10.4. The van der Waals surface area contributed by atoms with Crippen molar-refractivity contribution >= 4 is 0 Å². The van der Waals surface area contributed by atoms with E-state index in [1.807, 2.05) is 10.6 Å². The molecule has 1 aromatic heterocycles. The highest BCUT2D eigenvalue weighted by Gasteiger charge is 2.31. The highest BCUT2D eigenvalue weighted by molar-refractivity contribution is 5.65. The van der Waals surface area contributed by atoms with Crippen molar-refractivity contribution in [3.63, 3.8) is 0 Å². The van der Waals surface area contributed by atoms with Crippen molar-refractivity contribution < 1.29 is 0 Å². The molecule has 2 bridgehead atoms. The molecule has 27 heavy (non-hydrogen) atoms. The minimum Gasteiger partial charge on any atom is -0.316 e. The molecule has 0 radical (unpaired) electrons. The number of hydrogen-bond donors (Lipinski definition) is 1. The molecule has 0 spiro atoms.